The minimum absolute atomic E-state index is 0.445. The Kier molecular flexibility index (Phi) is 6.25. The summed E-state index contributed by atoms with van der Waals surface area (Å²) in [6, 6.07) is 12.9. The average Bonchev–Trinajstić information content (AvgIpc) is 3.31. The van der Waals surface area contributed by atoms with E-state index in [1.807, 2.05) is 0 Å². The van der Waals surface area contributed by atoms with Crippen molar-refractivity contribution < 1.29 is 0 Å². The Labute approximate surface area is 130 Å². The molecule has 0 spiro atoms. The third-order valence-corrected chi connectivity index (χ3v) is 4.40. The first-order valence-electron chi connectivity index (χ1n) is 8.71. The fraction of sp³-hybridized carbons (Fsp3) is 0.684. The van der Waals surface area contributed by atoms with Crippen LogP contribution in [-0.4, -0.2) is 30.1 Å². The molecule has 2 rings (SSSR count). The van der Waals surface area contributed by atoms with Crippen molar-refractivity contribution in [1.29, 1.82) is 0 Å². The predicted octanol–water partition coefficient (Wildman–Crippen LogP) is 4.24. The fourth-order valence-electron chi connectivity index (χ4n) is 3.40. The van der Waals surface area contributed by atoms with Crippen molar-refractivity contribution in [2.45, 2.75) is 65.1 Å². The second-order valence-corrected chi connectivity index (χ2v) is 6.74. The molecule has 2 heteroatoms. The Bertz CT molecular complexity index is 397. The topological polar surface area (TPSA) is 15.3 Å². The van der Waals surface area contributed by atoms with Crippen LogP contribution in [0, 0.1) is 5.92 Å². The van der Waals surface area contributed by atoms with E-state index in [0.29, 0.717) is 12.1 Å². The molecule has 0 amide bonds. The molecule has 1 aromatic carbocycles. The van der Waals surface area contributed by atoms with Gasteiger partial charge in [-0.2, -0.15) is 0 Å². The Balaban J connectivity index is 2.21. The van der Waals surface area contributed by atoms with Crippen LogP contribution in [0.3, 0.4) is 0 Å². The highest BCUT2D eigenvalue weighted by molar-refractivity contribution is 5.21. The predicted molar refractivity (Wildman–Crippen MR) is 91.5 cm³/mol. The van der Waals surface area contributed by atoms with E-state index in [9.17, 15) is 0 Å². The van der Waals surface area contributed by atoms with Crippen molar-refractivity contribution in [1.82, 2.24) is 10.2 Å². The zero-order valence-electron chi connectivity index (χ0n) is 14.2. The third-order valence-electron chi connectivity index (χ3n) is 4.40. The molecule has 2 atom stereocenters. The summed E-state index contributed by atoms with van der Waals surface area (Å²) in [5, 5.41) is 3.74. The fourth-order valence-corrected chi connectivity index (χ4v) is 3.40. The van der Waals surface area contributed by atoms with Crippen LogP contribution in [-0.2, 0) is 0 Å². The minimum Gasteiger partial charge on any atom is -0.309 e. The van der Waals surface area contributed by atoms with E-state index in [0.717, 1.165) is 18.5 Å². The van der Waals surface area contributed by atoms with E-state index in [-0.39, 0.29) is 0 Å². The molecule has 1 fully saturated rings. The summed E-state index contributed by atoms with van der Waals surface area (Å²) in [4.78, 5) is 2.78. The molecule has 1 aliphatic rings. The van der Waals surface area contributed by atoms with E-state index in [2.05, 4.69) is 68.2 Å². The van der Waals surface area contributed by atoms with Crippen LogP contribution in [0.15, 0.2) is 30.3 Å². The van der Waals surface area contributed by atoms with Gasteiger partial charge < -0.3 is 5.32 Å². The van der Waals surface area contributed by atoms with E-state index >= 15 is 0 Å². The maximum atomic E-state index is 3.74. The number of hydrogen-bond donors (Lipinski definition) is 1. The van der Waals surface area contributed by atoms with Crippen LogP contribution < -0.4 is 5.32 Å². The number of nitrogens with zero attached hydrogens (tertiary/aromatic N) is 1. The summed E-state index contributed by atoms with van der Waals surface area (Å²) in [6.45, 7) is 11.5. The number of benzene rings is 1. The van der Waals surface area contributed by atoms with E-state index in [4.69, 9.17) is 0 Å². The first kappa shape index (κ1) is 16.5. The standard InChI is InChI=1S/C19H32N2/c1-5-18(21(14-15(3)4)17-12-13-17)19(20-6-2)16-10-8-7-9-11-16/h7-11,15,17-20H,5-6,12-14H2,1-4H3. The summed E-state index contributed by atoms with van der Waals surface area (Å²) >= 11 is 0. The molecule has 118 valence electrons. The lowest BCUT2D eigenvalue weighted by atomic mass is 9.94. The molecule has 1 aliphatic carbocycles. The molecule has 0 aromatic heterocycles. The summed E-state index contributed by atoms with van der Waals surface area (Å²) in [6.07, 6.45) is 3.98. The molecule has 0 radical (unpaired) electrons. The van der Waals surface area contributed by atoms with Gasteiger partial charge in [0.15, 0.2) is 0 Å². The molecule has 2 nitrogen and oxygen atoms in total. The number of likely N-dealkylation sites (N-methyl/N-ethyl adjacent to an activating group) is 1. The van der Waals surface area contributed by atoms with Gasteiger partial charge in [0.25, 0.3) is 0 Å². The second-order valence-electron chi connectivity index (χ2n) is 6.74. The smallest absolute Gasteiger partial charge is 0.0478 e. The lowest BCUT2D eigenvalue weighted by Crippen LogP contribution is -2.47. The largest absolute Gasteiger partial charge is 0.309 e. The van der Waals surface area contributed by atoms with Crippen molar-refractivity contribution >= 4 is 0 Å². The maximum Gasteiger partial charge on any atom is 0.0478 e. The highest BCUT2D eigenvalue weighted by Crippen LogP contribution is 2.34. The van der Waals surface area contributed by atoms with Gasteiger partial charge in [-0.1, -0.05) is 58.0 Å². The SMILES string of the molecule is CCNC(c1ccccc1)C(CC)N(CC(C)C)C1CC1. The van der Waals surface area contributed by atoms with Gasteiger partial charge in [-0.15, -0.1) is 0 Å². The average molecular weight is 288 g/mol. The number of nitrogens with one attached hydrogen (secondary N) is 1. The van der Waals surface area contributed by atoms with Gasteiger partial charge in [-0.3, -0.25) is 4.90 Å². The van der Waals surface area contributed by atoms with Crippen molar-refractivity contribution in [3.05, 3.63) is 35.9 Å². The summed E-state index contributed by atoms with van der Waals surface area (Å²) in [5.74, 6) is 0.734. The van der Waals surface area contributed by atoms with E-state index in [1.54, 1.807) is 0 Å². The summed E-state index contributed by atoms with van der Waals surface area (Å²) in [5.41, 5.74) is 1.43. The molecule has 21 heavy (non-hydrogen) atoms. The first-order chi connectivity index (χ1) is 10.2. The van der Waals surface area contributed by atoms with Crippen LogP contribution in [0.25, 0.3) is 0 Å². The van der Waals surface area contributed by atoms with Gasteiger partial charge >= 0.3 is 0 Å². The Morgan fingerprint density at radius 2 is 1.81 bits per heavy atom. The van der Waals surface area contributed by atoms with Crippen molar-refractivity contribution in [3.8, 4) is 0 Å². The highest BCUT2D eigenvalue weighted by atomic mass is 15.2. The van der Waals surface area contributed by atoms with Crippen LogP contribution in [0.4, 0.5) is 0 Å². The Morgan fingerprint density at radius 3 is 2.29 bits per heavy atom. The molecule has 2 unspecified atom stereocenters. The third kappa shape index (κ3) is 4.55. The molecule has 1 aromatic rings. The van der Waals surface area contributed by atoms with Crippen molar-refractivity contribution in [3.63, 3.8) is 0 Å². The van der Waals surface area contributed by atoms with Crippen LogP contribution in [0.5, 0.6) is 0 Å². The maximum absolute atomic E-state index is 3.74. The lowest BCUT2D eigenvalue weighted by molar-refractivity contribution is 0.127. The van der Waals surface area contributed by atoms with Crippen molar-refractivity contribution in [2.24, 2.45) is 5.92 Å². The van der Waals surface area contributed by atoms with E-state index < -0.39 is 0 Å². The Hall–Kier alpha value is -0.860. The first-order valence-corrected chi connectivity index (χ1v) is 8.71. The van der Waals surface area contributed by atoms with Gasteiger partial charge in [-0.05, 0) is 37.3 Å². The number of rotatable bonds is 9. The summed E-state index contributed by atoms with van der Waals surface area (Å²) in [7, 11) is 0. The normalized spacial score (nSPS) is 18.2. The highest BCUT2D eigenvalue weighted by Gasteiger charge is 2.37. The molecular formula is C19H32N2. The molecule has 0 heterocycles. The molecule has 1 N–H and O–H groups in total. The van der Waals surface area contributed by atoms with Gasteiger partial charge in [0.05, 0.1) is 0 Å². The van der Waals surface area contributed by atoms with Crippen LogP contribution in [0.1, 0.15) is 58.6 Å². The molecule has 0 saturated heterocycles. The molecule has 1 saturated carbocycles. The zero-order chi connectivity index (χ0) is 15.2. The van der Waals surface area contributed by atoms with Gasteiger partial charge in [-0.25, -0.2) is 0 Å². The Morgan fingerprint density at radius 1 is 1.14 bits per heavy atom. The summed E-state index contributed by atoms with van der Waals surface area (Å²) < 4.78 is 0. The minimum atomic E-state index is 0.445. The quantitative estimate of drug-likeness (QED) is 0.731. The van der Waals surface area contributed by atoms with Gasteiger partial charge in [0.1, 0.15) is 0 Å². The second kappa shape index (κ2) is 7.95. The monoisotopic (exact) mass is 288 g/mol. The lowest BCUT2D eigenvalue weighted by Gasteiger charge is -2.38. The van der Waals surface area contributed by atoms with Crippen molar-refractivity contribution in [2.75, 3.05) is 13.1 Å². The van der Waals surface area contributed by atoms with Crippen LogP contribution >= 0.6 is 0 Å². The molecule has 0 bridgehead atoms. The van der Waals surface area contributed by atoms with Crippen LogP contribution in [0.2, 0.25) is 0 Å². The number of hydrogen-bond acceptors (Lipinski definition) is 2. The molecular weight excluding hydrogens is 256 g/mol. The van der Waals surface area contributed by atoms with E-state index in [1.165, 1.54) is 31.4 Å². The molecule has 0 aliphatic heterocycles. The zero-order valence-corrected chi connectivity index (χ0v) is 14.2. The van der Waals surface area contributed by atoms with Gasteiger partial charge in [0, 0.05) is 24.7 Å². The van der Waals surface area contributed by atoms with Gasteiger partial charge in [0.2, 0.25) is 0 Å².